The highest BCUT2D eigenvalue weighted by Crippen LogP contribution is 2.15. The second kappa shape index (κ2) is 11.0. The largest absolute Gasteiger partial charge is 0.411 e. The van der Waals surface area contributed by atoms with Crippen LogP contribution in [0.25, 0.3) is 0 Å². The van der Waals surface area contributed by atoms with Crippen LogP contribution in [0.2, 0.25) is 12.1 Å². The summed E-state index contributed by atoms with van der Waals surface area (Å²) in [6, 6.07) is 0.893. The molecule has 0 aliphatic carbocycles. The molecule has 0 fully saturated rings. The molecular weight excluding hydrogens is 242 g/mol. The highest BCUT2D eigenvalue weighted by atomic mass is 28.4. The summed E-state index contributed by atoms with van der Waals surface area (Å²) in [4.78, 5) is 19.3. The van der Waals surface area contributed by atoms with Gasteiger partial charge in [0.05, 0.1) is 0 Å². The Balaban J connectivity index is 3.33. The lowest BCUT2D eigenvalue weighted by atomic mass is 10.1. The van der Waals surface area contributed by atoms with Gasteiger partial charge in [-0.15, -0.1) is 0 Å². The molecule has 0 aromatic rings. The minimum atomic E-state index is -2.96. The van der Waals surface area contributed by atoms with Crippen LogP contribution < -0.4 is 5.73 Å². The van der Waals surface area contributed by atoms with Crippen LogP contribution >= 0.6 is 0 Å². The van der Waals surface area contributed by atoms with Gasteiger partial charge in [0.1, 0.15) is 0 Å². The van der Waals surface area contributed by atoms with Crippen molar-refractivity contribution in [3.05, 3.63) is 0 Å². The van der Waals surface area contributed by atoms with Crippen molar-refractivity contribution in [2.45, 2.75) is 89.8 Å². The first-order valence-electron chi connectivity index (χ1n) is 7.72. The normalized spacial score (nSPS) is 13.8. The van der Waals surface area contributed by atoms with E-state index in [9.17, 15) is 9.59 Å². The van der Waals surface area contributed by atoms with E-state index in [2.05, 4.69) is 6.92 Å². The molecule has 0 aromatic heterocycles. The lowest BCUT2D eigenvalue weighted by Crippen LogP contribution is -2.40. The van der Waals surface area contributed by atoms with E-state index < -0.39 is 8.56 Å². The molecule has 0 bridgehead atoms. The maximum Gasteiger partial charge on any atom is 0.334 e. The molecule has 4 N–H and O–H groups in total. The minimum Gasteiger partial charge on any atom is -0.411 e. The Morgan fingerprint density at radius 1 is 0.889 bits per heavy atom. The highest BCUT2D eigenvalue weighted by molar-refractivity contribution is 6.64. The molecular formula is C14H33NO2Si. The van der Waals surface area contributed by atoms with Crippen LogP contribution in [0.15, 0.2) is 0 Å². The minimum absolute atomic E-state index is 0.0216. The van der Waals surface area contributed by atoms with Crippen molar-refractivity contribution < 1.29 is 9.59 Å². The Hall–Kier alpha value is 0.0969. The predicted molar refractivity (Wildman–Crippen MR) is 80.7 cm³/mol. The van der Waals surface area contributed by atoms with Crippen molar-refractivity contribution in [3.8, 4) is 0 Å². The number of rotatable bonds is 12. The van der Waals surface area contributed by atoms with Crippen molar-refractivity contribution in [1.82, 2.24) is 0 Å². The van der Waals surface area contributed by atoms with Crippen LogP contribution in [0.3, 0.4) is 0 Å². The van der Waals surface area contributed by atoms with Crippen molar-refractivity contribution in [1.29, 1.82) is 0 Å². The zero-order chi connectivity index (χ0) is 13.9. The second-order valence-electron chi connectivity index (χ2n) is 5.56. The van der Waals surface area contributed by atoms with Gasteiger partial charge in [-0.05, 0) is 12.5 Å². The van der Waals surface area contributed by atoms with E-state index in [4.69, 9.17) is 5.73 Å². The molecule has 0 saturated heterocycles. The molecule has 110 valence electrons. The SMILES string of the molecule is CCCCCCCCCCC(N)C[Si](O)(O)CC. The van der Waals surface area contributed by atoms with E-state index in [0.717, 1.165) is 12.8 Å². The monoisotopic (exact) mass is 275 g/mol. The van der Waals surface area contributed by atoms with Gasteiger partial charge in [-0.25, -0.2) is 0 Å². The zero-order valence-corrected chi connectivity index (χ0v) is 13.3. The van der Waals surface area contributed by atoms with Crippen molar-refractivity contribution in [3.63, 3.8) is 0 Å². The van der Waals surface area contributed by atoms with Gasteiger partial charge in [0.15, 0.2) is 0 Å². The van der Waals surface area contributed by atoms with Crippen LogP contribution in [0.4, 0.5) is 0 Å². The van der Waals surface area contributed by atoms with Crippen molar-refractivity contribution in [2.75, 3.05) is 0 Å². The average Bonchev–Trinajstić information content (AvgIpc) is 2.32. The summed E-state index contributed by atoms with van der Waals surface area (Å²) in [6.45, 7) is 4.07. The van der Waals surface area contributed by atoms with Crippen LogP contribution in [-0.2, 0) is 0 Å². The lowest BCUT2D eigenvalue weighted by molar-refractivity contribution is 0.350. The fourth-order valence-corrected chi connectivity index (χ4v) is 3.54. The molecule has 0 aromatic carbocycles. The van der Waals surface area contributed by atoms with Crippen molar-refractivity contribution >= 4 is 8.56 Å². The van der Waals surface area contributed by atoms with Crippen LogP contribution in [0.1, 0.15) is 71.6 Å². The fraction of sp³-hybridized carbons (Fsp3) is 1.00. The fourth-order valence-electron chi connectivity index (χ4n) is 2.21. The van der Waals surface area contributed by atoms with Crippen LogP contribution in [0.5, 0.6) is 0 Å². The van der Waals surface area contributed by atoms with Gasteiger partial charge in [0, 0.05) is 12.1 Å². The van der Waals surface area contributed by atoms with Gasteiger partial charge >= 0.3 is 8.56 Å². The molecule has 0 aliphatic rings. The molecule has 3 nitrogen and oxygen atoms in total. The first kappa shape index (κ1) is 18.1. The van der Waals surface area contributed by atoms with E-state index >= 15 is 0 Å². The van der Waals surface area contributed by atoms with Gasteiger partial charge in [0.25, 0.3) is 0 Å². The molecule has 0 aliphatic heterocycles. The molecule has 0 amide bonds. The van der Waals surface area contributed by atoms with E-state index in [0.29, 0.717) is 12.1 Å². The number of unbranched alkanes of at least 4 members (excludes halogenated alkanes) is 7. The summed E-state index contributed by atoms with van der Waals surface area (Å²) in [6.07, 6.45) is 11.3. The zero-order valence-electron chi connectivity index (χ0n) is 12.3. The number of hydrogen-bond donors (Lipinski definition) is 3. The Bertz CT molecular complexity index is 189. The molecule has 1 unspecified atom stereocenters. The molecule has 1 atom stereocenters. The Morgan fingerprint density at radius 2 is 1.39 bits per heavy atom. The average molecular weight is 276 g/mol. The third kappa shape index (κ3) is 11.2. The summed E-state index contributed by atoms with van der Waals surface area (Å²) in [5.41, 5.74) is 5.93. The maximum atomic E-state index is 9.63. The summed E-state index contributed by atoms with van der Waals surface area (Å²) in [7, 11) is -2.96. The van der Waals surface area contributed by atoms with Gasteiger partial charge in [-0.1, -0.05) is 65.2 Å². The number of nitrogens with two attached hydrogens (primary N) is 1. The van der Waals surface area contributed by atoms with Gasteiger partial charge in [0.2, 0.25) is 0 Å². The molecule has 0 spiro atoms. The third-order valence-corrected chi connectivity index (χ3v) is 5.89. The van der Waals surface area contributed by atoms with Gasteiger partial charge < -0.3 is 15.3 Å². The first-order chi connectivity index (χ1) is 8.52. The molecule has 0 saturated carbocycles. The maximum absolute atomic E-state index is 9.63. The standard InChI is InChI=1S/C14H33NO2Si/c1-3-5-6-7-8-9-10-11-12-14(15)13-18(16,17)4-2/h14,16-17H,3-13,15H2,1-2H3. The van der Waals surface area contributed by atoms with Gasteiger partial charge in [-0.3, -0.25) is 0 Å². The smallest absolute Gasteiger partial charge is 0.334 e. The quantitative estimate of drug-likeness (QED) is 0.378. The summed E-state index contributed by atoms with van der Waals surface area (Å²) >= 11 is 0. The molecule has 0 heterocycles. The summed E-state index contributed by atoms with van der Waals surface area (Å²) in [5.74, 6) is 0. The molecule has 0 rings (SSSR count). The van der Waals surface area contributed by atoms with E-state index in [1.165, 1.54) is 44.9 Å². The third-order valence-electron chi connectivity index (χ3n) is 3.58. The van der Waals surface area contributed by atoms with Crippen molar-refractivity contribution in [2.24, 2.45) is 5.73 Å². The van der Waals surface area contributed by atoms with E-state index in [1.807, 2.05) is 6.92 Å². The summed E-state index contributed by atoms with van der Waals surface area (Å²) < 4.78 is 0. The Kier molecular flexibility index (Phi) is 11.0. The number of hydrogen-bond acceptors (Lipinski definition) is 3. The van der Waals surface area contributed by atoms with Crippen LogP contribution in [0, 0.1) is 0 Å². The topological polar surface area (TPSA) is 66.5 Å². The first-order valence-corrected chi connectivity index (χ1v) is 10.0. The van der Waals surface area contributed by atoms with Gasteiger partial charge in [-0.2, -0.15) is 0 Å². The molecule has 0 radical (unpaired) electrons. The molecule has 18 heavy (non-hydrogen) atoms. The van der Waals surface area contributed by atoms with Crippen LogP contribution in [-0.4, -0.2) is 24.2 Å². The van der Waals surface area contributed by atoms with E-state index in [-0.39, 0.29) is 6.04 Å². The highest BCUT2D eigenvalue weighted by Gasteiger charge is 2.28. The van der Waals surface area contributed by atoms with E-state index in [1.54, 1.807) is 0 Å². The lowest BCUT2D eigenvalue weighted by Gasteiger charge is -2.20. The Labute approximate surface area is 114 Å². The Morgan fingerprint density at radius 3 is 1.89 bits per heavy atom. The predicted octanol–water partition coefficient (Wildman–Crippen LogP) is 3.29. The molecule has 4 heteroatoms. The summed E-state index contributed by atoms with van der Waals surface area (Å²) in [5, 5.41) is 0. The second-order valence-corrected chi connectivity index (χ2v) is 8.64.